The molecular formula is C22H26O5. The summed E-state index contributed by atoms with van der Waals surface area (Å²) in [5, 5.41) is 0. The molecule has 0 bridgehead atoms. The van der Waals surface area contributed by atoms with Gasteiger partial charge in [0.15, 0.2) is 5.41 Å². The highest BCUT2D eigenvalue weighted by atomic mass is 16.6. The molecule has 0 aliphatic carbocycles. The maximum atomic E-state index is 12.8. The van der Waals surface area contributed by atoms with E-state index in [1.165, 1.54) is 0 Å². The normalized spacial score (nSPS) is 11.0. The zero-order chi connectivity index (χ0) is 19.5. The van der Waals surface area contributed by atoms with Crippen molar-refractivity contribution in [1.29, 1.82) is 0 Å². The molecule has 0 saturated heterocycles. The van der Waals surface area contributed by atoms with Gasteiger partial charge < -0.3 is 14.2 Å². The van der Waals surface area contributed by atoms with E-state index in [1.807, 2.05) is 60.7 Å². The molecule has 2 aromatic carbocycles. The maximum Gasteiger partial charge on any atom is 0.326 e. The van der Waals surface area contributed by atoms with Crippen molar-refractivity contribution in [3.05, 3.63) is 71.8 Å². The van der Waals surface area contributed by atoms with Gasteiger partial charge in [-0.1, -0.05) is 60.7 Å². The predicted octanol–water partition coefficient (Wildman–Crippen LogP) is 3.56. The van der Waals surface area contributed by atoms with Crippen molar-refractivity contribution in [2.45, 2.75) is 26.9 Å². The summed E-state index contributed by atoms with van der Waals surface area (Å²) in [6, 6.07) is 18.9. The Bertz CT molecular complexity index is 694. The third-order valence-corrected chi connectivity index (χ3v) is 4.14. The smallest absolute Gasteiger partial charge is 0.326 e. The molecule has 5 heteroatoms. The molecule has 0 N–H and O–H groups in total. The molecule has 27 heavy (non-hydrogen) atoms. The highest BCUT2D eigenvalue weighted by Crippen LogP contribution is 2.28. The molecule has 144 valence electrons. The van der Waals surface area contributed by atoms with Crippen LogP contribution in [0.25, 0.3) is 0 Å². The number of esters is 2. The third-order valence-electron chi connectivity index (χ3n) is 4.14. The van der Waals surface area contributed by atoms with Gasteiger partial charge in [0, 0.05) is 6.42 Å². The molecule has 0 saturated carbocycles. The van der Waals surface area contributed by atoms with Gasteiger partial charge in [-0.25, -0.2) is 0 Å². The van der Waals surface area contributed by atoms with Crippen LogP contribution < -0.4 is 0 Å². The number of benzene rings is 2. The van der Waals surface area contributed by atoms with Crippen LogP contribution in [-0.2, 0) is 36.8 Å². The van der Waals surface area contributed by atoms with Crippen LogP contribution >= 0.6 is 0 Å². The van der Waals surface area contributed by atoms with Gasteiger partial charge in [-0.3, -0.25) is 9.59 Å². The molecule has 0 spiro atoms. The Balaban J connectivity index is 2.27. The lowest BCUT2D eigenvalue weighted by atomic mass is 9.82. The standard InChI is InChI=1S/C22H26O5/c1-3-26-20(23)22(21(24)27-4-2,15-18-11-7-5-8-12-18)17-25-16-19-13-9-6-10-14-19/h5-14H,3-4,15-17H2,1-2H3. The van der Waals surface area contributed by atoms with Crippen LogP contribution in [0.5, 0.6) is 0 Å². The Morgan fingerprint density at radius 2 is 1.26 bits per heavy atom. The predicted molar refractivity (Wildman–Crippen MR) is 102 cm³/mol. The fourth-order valence-corrected chi connectivity index (χ4v) is 2.80. The second kappa shape index (κ2) is 10.5. The minimum absolute atomic E-state index is 0.117. The van der Waals surface area contributed by atoms with Crippen molar-refractivity contribution < 1.29 is 23.8 Å². The second-order valence-electron chi connectivity index (χ2n) is 6.16. The van der Waals surface area contributed by atoms with Crippen molar-refractivity contribution in [2.24, 2.45) is 5.41 Å². The summed E-state index contributed by atoms with van der Waals surface area (Å²) in [5.74, 6) is -1.25. The zero-order valence-electron chi connectivity index (χ0n) is 15.9. The minimum Gasteiger partial charge on any atom is -0.465 e. The largest absolute Gasteiger partial charge is 0.465 e. The lowest BCUT2D eigenvalue weighted by molar-refractivity contribution is -0.177. The van der Waals surface area contributed by atoms with Gasteiger partial charge in [-0.15, -0.1) is 0 Å². The van der Waals surface area contributed by atoms with E-state index in [4.69, 9.17) is 14.2 Å². The SMILES string of the molecule is CCOC(=O)C(COCc1ccccc1)(Cc1ccccc1)C(=O)OCC. The fraction of sp³-hybridized carbons (Fsp3) is 0.364. The molecule has 0 heterocycles. The lowest BCUT2D eigenvalue weighted by Crippen LogP contribution is -2.47. The minimum atomic E-state index is -1.54. The Hall–Kier alpha value is -2.66. The topological polar surface area (TPSA) is 61.8 Å². The molecule has 0 aliphatic heterocycles. The van der Waals surface area contributed by atoms with E-state index in [2.05, 4.69) is 0 Å². The Morgan fingerprint density at radius 3 is 1.74 bits per heavy atom. The second-order valence-corrected chi connectivity index (χ2v) is 6.16. The van der Waals surface area contributed by atoms with Crippen LogP contribution in [-0.4, -0.2) is 31.8 Å². The number of hydrogen-bond donors (Lipinski definition) is 0. The van der Waals surface area contributed by atoms with E-state index in [1.54, 1.807) is 13.8 Å². The third kappa shape index (κ3) is 5.66. The number of ether oxygens (including phenoxy) is 3. The van der Waals surface area contributed by atoms with Crippen LogP contribution in [0.3, 0.4) is 0 Å². The molecule has 0 atom stereocenters. The van der Waals surface area contributed by atoms with E-state index in [-0.39, 0.29) is 32.8 Å². The fourth-order valence-electron chi connectivity index (χ4n) is 2.80. The molecule has 5 nitrogen and oxygen atoms in total. The zero-order valence-corrected chi connectivity index (χ0v) is 15.9. The number of carbonyl (C=O) groups is 2. The summed E-state index contributed by atoms with van der Waals surface area (Å²) >= 11 is 0. The first-order valence-electron chi connectivity index (χ1n) is 9.12. The molecule has 0 aliphatic rings. The highest BCUT2D eigenvalue weighted by Gasteiger charge is 2.49. The van der Waals surface area contributed by atoms with E-state index >= 15 is 0 Å². The summed E-state index contributed by atoms with van der Waals surface area (Å²) in [6.07, 6.45) is 0.153. The van der Waals surface area contributed by atoms with Crippen LogP contribution in [0.2, 0.25) is 0 Å². The van der Waals surface area contributed by atoms with Crippen molar-refractivity contribution in [1.82, 2.24) is 0 Å². The van der Waals surface area contributed by atoms with Gasteiger partial charge in [0.1, 0.15) is 0 Å². The summed E-state index contributed by atoms with van der Waals surface area (Å²) in [6.45, 7) is 3.94. The van der Waals surface area contributed by atoms with Gasteiger partial charge in [-0.2, -0.15) is 0 Å². The van der Waals surface area contributed by atoms with E-state index < -0.39 is 17.4 Å². The Morgan fingerprint density at radius 1 is 0.778 bits per heavy atom. The first-order chi connectivity index (χ1) is 13.1. The Kier molecular flexibility index (Phi) is 8.01. The monoisotopic (exact) mass is 370 g/mol. The summed E-state index contributed by atoms with van der Waals surface area (Å²) < 4.78 is 16.3. The van der Waals surface area contributed by atoms with E-state index in [9.17, 15) is 9.59 Å². The average Bonchev–Trinajstić information content (AvgIpc) is 2.69. The van der Waals surface area contributed by atoms with Gasteiger partial charge in [0.2, 0.25) is 0 Å². The van der Waals surface area contributed by atoms with Crippen molar-refractivity contribution in [2.75, 3.05) is 19.8 Å². The van der Waals surface area contributed by atoms with E-state index in [0.29, 0.717) is 0 Å². The van der Waals surface area contributed by atoms with Gasteiger partial charge in [0.05, 0.1) is 26.4 Å². The Labute approximate surface area is 160 Å². The lowest BCUT2D eigenvalue weighted by Gasteiger charge is -2.29. The van der Waals surface area contributed by atoms with Gasteiger partial charge >= 0.3 is 11.9 Å². The quantitative estimate of drug-likeness (QED) is 0.473. The van der Waals surface area contributed by atoms with Crippen LogP contribution in [0.15, 0.2) is 60.7 Å². The first kappa shape index (κ1) is 20.6. The van der Waals surface area contributed by atoms with Crippen molar-refractivity contribution in [3.63, 3.8) is 0 Å². The summed E-state index contributed by atoms with van der Waals surface area (Å²) in [5.41, 5.74) is 0.253. The molecule has 2 rings (SSSR count). The molecule has 0 fully saturated rings. The number of carbonyl (C=O) groups excluding carboxylic acids is 2. The van der Waals surface area contributed by atoms with Gasteiger partial charge in [-0.05, 0) is 25.0 Å². The van der Waals surface area contributed by atoms with Gasteiger partial charge in [0.25, 0.3) is 0 Å². The van der Waals surface area contributed by atoms with Crippen LogP contribution in [0.4, 0.5) is 0 Å². The van der Waals surface area contributed by atoms with Crippen LogP contribution in [0, 0.1) is 5.41 Å². The molecule has 0 radical (unpaired) electrons. The summed E-state index contributed by atoms with van der Waals surface area (Å²) in [7, 11) is 0. The molecular weight excluding hydrogens is 344 g/mol. The number of rotatable bonds is 10. The highest BCUT2D eigenvalue weighted by molar-refractivity contribution is 6.00. The molecule has 0 unspecified atom stereocenters. The van der Waals surface area contributed by atoms with E-state index in [0.717, 1.165) is 11.1 Å². The van der Waals surface area contributed by atoms with Crippen molar-refractivity contribution in [3.8, 4) is 0 Å². The molecule has 0 amide bonds. The maximum absolute atomic E-state index is 12.8. The first-order valence-corrected chi connectivity index (χ1v) is 9.12. The van der Waals surface area contributed by atoms with Crippen molar-refractivity contribution >= 4 is 11.9 Å². The molecule has 0 aromatic heterocycles. The summed E-state index contributed by atoms with van der Waals surface area (Å²) in [4.78, 5) is 25.7. The molecule has 2 aromatic rings. The van der Waals surface area contributed by atoms with Crippen LogP contribution in [0.1, 0.15) is 25.0 Å². The average molecular weight is 370 g/mol. The number of hydrogen-bond acceptors (Lipinski definition) is 5.